The molecular formula is C18H18Cl2N2O3S. The van der Waals surface area contributed by atoms with Crippen LogP contribution in [0.5, 0.6) is 0 Å². The fourth-order valence-electron chi connectivity index (χ4n) is 2.57. The van der Waals surface area contributed by atoms with Crippen molar-refractivity contribution < 1.29 is 13.2 Å². The zero-order chi connectivity index (χ0) is 18.6. The lowest BCUT2D eigenvalue weighted by atomic mass is 10.2. The van der Waals surface area contributed by atoms with E-state index in [9.17, 15) is 8.42 Å². The summed E-state index contributed by atoms with van der Waals surface area (Å²) in [4.78, 5) is 2.12. The van der Waals surface area contributed by atoms with E-state index in [1.54, 1.807) is 36.4 Å². The zero-order valence-corrected chi connectivity index (χ0v) is 16.2. The van der Waals surface area contributed by atoms with Crippen molar-refractivity contribution in [2.24, 2.45) is 0 Å². The van der Waals surface area contributed by atoms with E-state index in [1.165, 1.54) is 6.08 Å². The highest BCUT2D eigenvalue weighted by Gasteiger charge is 2.15. The third-order valence-electron chi connectivity index (χ3n) is 3.87. The Kier molecular flexibility index (Phi) is 6.09. The van der Waals surface area contributed by atoms with Crippen LogP contribution < -0.4 is 9.62 Å². The highest BCUT2D eigenvalue weighted by molar-refractivity contribution is 7.95. The molecule has 0 radical (unpaired) electrons. The van der Waals surface area contributed by atoms with Gasteiger partial charge < -0.3 is 9.64 Å². The normalized spacial score (nSPS) is 15.4. The van der Waals surface area contributed by atoms with Gasteiger partial charge in [-0.15, -0.1) is 0 Å². The summed E-state index contributed by atoms with van der Waals surface area (Å²) in [7, 11) is -3.65. The van der Waals surface area contributed by atoms with Crippen LogP contribution in [0, 0.1) is 0 Å². The van der Waals surface area contributed by atoms with Gasteiger partial charge in [-0.05, 0) is 42.0 Å². The van der Waals surface area contributed by atoms with E-state index in [1.807, 2.05) is 6.07 Å². The lowest BCUT2D eigenvalue weighted by Gasteiger charge is -2.29. The molecule has 0 saturated carbocycles. The Bertz CT molecular complexity index is 893. The molecule has 0 spiro atoms. The maximum Gasteiger partial charge on any atom is 0.255 e. The van der Waals surface area contributed by atoms with Gasteiger partial charge in [-0.1, -0.05) is 35.3 Å². The highest BCUT2D eigenvalue weighted by atomic mass is 35.5. The Labute approximate surface area is 163 Å². The van der Waals surface area contributed by atoms with Gasteiger partial charge in [0.2, 0.25) is 0 Å². The van der Waals surface area contributed by atoms with Gasteiger partial charge in [0.15, 0.2) is 0 Å². The van der Waals surface area contributed by atoms with Crippen LogP contribution in [-0.4, -0.2) is 34.7 Å². The molecule has 1 aliphatic rings. The summed E-state index contributed by atoms with van der Waals surface area (Å²) in [6, 6.07) is 12.0. The van der Waals surface area contributed by atoms with Gasteiger partial charge in [0.1, 0.15) is 0 Å². The Hall–Kier alpha value is -1.73. The van der Waals surface area contributed by atoms with E-state index in [4.69, 9.17) is 27.9 Å². The van der Waals surface area contributed by atoms with Crippen LogP contribution in [0.25, 0.3) is 6.08 Å². The molecule has 26 heavy (non-hydrogen) atoms. The predicted octanol–water partition coefficient (Wildman–Crippen LogP) is 4.24. The van der Waals surface area contributed by atoms with Crippen molar-refractivity contribution in [1.82, 2.24) is 0 Å². The predicted molar refractivity (Wildman–Crippen MR) is 108 cm³/mol. The number of anilines is 2. The summed E-state index contributed by atoms with van der Waals surface area (Å²) in [5.41, 5.74) is 2.02. The van der Waals surface area contributed by atoms with Crippen molar-refractivity contribution in [2.75, 3.05) is 35.9 Å². The largest absolute Gasteiger partial charge is 0.378 e. The summed E-state index contributed by atoms with van der Waals surface area (Å²) in [5, 5.41) is 2.20. The lowest BCUT2D eigenvalue weighted by molar-refractivity contribution is 0.122. The molecule has 0 aliphatic carbocycles. The second-order valence-corrected chi connectivity index (χ2v) is 8.18. The van der Waals surface area contributed by atoms with Crippen molar-refractivity contribution in [3.05, 3.63) is 63.5 Å². The molecule has 2 aromatic carbocycles. The molecule has 1 aliphatic heterocycles. The first-order chi connectivity index (χ1) is 12.4. The summed E-state index contributed by atoms with van der Waals surface area (Å²) in [6.45, 7) is 2.82. The Morgan fingerprint density at radius 2 is 1.73 bits per heavy atom. The van der Waals surface area contributed by atoms with Gasteiger partial charge in [0, 0.05) is 18.1 Å². The standard InChI is InChI=1S/C18H18Cl2N2O3S/c19-15-3-1-14(2-4-15)7-12-26(23,24)21-16-5-6-18(17(20)13-16)22-8-10-25-11-9-22/h1-7,12-13,21H,8-11H2/b12-7+. The first-order valence-electron chi connectivity index (χ1n) is 8.02. The maximum atomic E-state index is 12.2. The number of halogens is 2. The molecule has 1 fully saturated rings. The second kappa shape index (κ2) is 8.31. The van der Waals surface area contributed by atoms with Gasteiger partial charge in [-0.2, -0.15) is 0 Å². The number of benzene rings is 2. The fraction of sp³-hybridized carbons (Fsp3) is 0.222. The van der Waals surface area contributed by atoms with Crippen molar-refractivity contribution >= 4 is 50.7 Å². The number of nitrogens with zero attached hydrogens (tertiary/aromatic N) is 1. The molecule has 0 aromatic heterocycles. The summed E-state index contributed by atoms with van der Waals surface area (Å²) in [6.07, 6.45) is 1.50. The molecule has 0 amide bonds. The molecule has 3 rings (SSSR count). The van der Waals surface area contributed by atoms with Crippen molar-refractivity contribution in [1.29, 1.82) is 0 Å². The monoisotopic (exact) mass is 412 g/mol. The van der Waals surface area contributed by atoms with Gasteiger partial charge >= 0.3 is 0 Å². The first-order valence-corrected chi connectivity index (χ1v) is 10.3. The number of ether oxygens (including phenoxy) is 1. The van der Waals surface area contributed by atoms with E-state index in [2.05, 4.69) is 9.62 Å². The SMILES string of the molecule is O=S(=O)(/C=C/c1ccc(Cl)cc1)Nc1ccc(N2CCOCC2)c(Cl)c1. The molecule has 5 nitrogen and oxygen atoms in total. The molecule has 0 atom stereocenters. The Morgan fingerprint density at radius 3 is 2.38 bits per heavy atom. The number of hydrogen-bond donors (Lipinski definition) is 1. The molecule has 0 bridgehead atoms. The topological polar surface area (TPSA) is 58.6 Å². The van der Waals surface area contributed by atoms with Crippen LogP contribution in [0.15, 0.2) is 47.9 Å². The molecule has 1 N–H and O–H groups in total. The van der Waals surface area contributed by atoms with Gasteiger partial charge in [0.25, 0.3) is 10.0 Å². The molecule has 138 valence electrons. The average Bonchev–Trinajstić information content (AvgIpc) is 2.62. The van der Waals surface area contributed by atoms with Crippen LogP contribution in [0.4, 0.5) is 11.4 Å². The molecule has 8 heteroatoms. The molecule has 1 heterocycles. The van der Waals surface area contributed by atoms with Gasteiger partial charge in [-0.25, -0.2) is 8.42 Å². The van der Waals surface area contributed by atoms with E-state index in [-0.39, 0.29) is 0 Å². The number of hydrogen-bond acceptors (Lipinski definition) is 4. The van der Waals surface area contributed by atoms with Crippen molar-refractivity contribution in [3.8, 4) is 0 Å². The third-order valence-corrected chi connectivity index (χ3v) is 5.44. The van der Waals surface area contributed by atoms with Crippen molar-refractivity contribution in [2.45, 2.75) is 0 Å². The van der Waals surface area contributed by atoms with Gasteiger partial charge in [0.05, 0.1) is 35.0 Å². The van der Waals surface area contributed by atoms with Crippen LogP contribution in [-0.2, 0) is 14.8 Å². The summed E-state index contributed by atoms with van der Waals surface area (Å²) in [5.74, 6) is 0. The van der Waals surface area contributed by atoms with Crippen LogP contribution in [0.3, 0.4) is 0 Å². The fourth-order valence-corrected chi connectivity index (χ4v) is 3.86. The number of nitrogens with one attached hydrogen (secondary N) is 1. The average molecular weight is 413 g/mol. The number of morpholine rings is 1. The number of sulfonamides is 1. The quantitative estimate of drug-likeness (QED) is 0.797. The number of rotatable bonds is 5. The smallest absolute Gasteiger partial charge is 0.255 e. The third kappa shape index (κ3) is 5.14. The van der Waals surface area contributed by atoms with E-state index in [0.717, 1.165) is 29.7 Å². The second-order valence-electron chi connectivity index (χ2n) is 5.77. The van der Waals surface area contributed by atoms with Crippen molar-refractivity contribution in [3.63, 3.8) is 0 Å². The first kappa shape index (κ1) is 19.0. The molecule has 2 aromatic rings. The summed E-state index contributed by atoms with van der Waals surface area (Å²) < 4.78 is 32.3. The van der Waals surface area contributed by atoms with Crippen LogP contribution >= 0.6 is 23.2 Å². The van der Waals surface area contributed by atoms with Crippen LogP contribution in [0.1, 0.15) is 5.56 Å². The molecule has 1 saturated heterocycles. The van der Waals surface area contributed by atoms with Crippen LogP contribution in [0.2, 0.25) is 10.0 Å². The van der Waals surface area contributed by atoms with E-state index >= 15 is 0 Å². The van der Waals surface area contributed by atoms with E-state index < -0.39 is 10.0 Å². The zero-order valence-electron chi connectivity index (χ0n) is 13.9. The van der Waals surface area contributed by atoms with Gasteiger partial charge in [-0.3, -0.25) is 4.72 Å². The highest BCUT2D eigenvalue weighted by Crippen LogP contribution is 2.30. The summed E-state index contributed by atoms with van der Waals surface area (Å²) >= 11 is 12.1. The molecular weight excluding hydrogens is 395 g/mol. The maximum absolute atomic E-state index is 12.2. The lowest BCUT2D eigenvalue weighted by Crippen LogP contribution is -2.36. The minimum atomic E-state index is -3.65. The minimum absolute atomic E-state index is 0.410. The van der Waals surface area contributed by atoms with E-state index in [0.29, 0.717) is 28.9 Å². The molecule has 0 unspecified atom stereocenters. The Morgan fingerprint density at radius 1 is 1.04 bits per heavy atom. The minimum Gasteiger partial charge on any atom is -0.378 e. The Balaban J connectivity index is 1.70.